The number of hydrogen-bond donors (Lipinski definition) is 1. The van der Waals surface area contributed by atoms with Crippen molar-refractivity contribution < 1.29 is 9.53 Å². The van der Waals surface area contributed by atoms with Crippen LogP contribution in [0.4, 0.5) is 11.4 Å². The molecule has 1 aromatic heterocycles. The Morgan fingerprint density at radius 3 is 2.78 bits per heavy atom. The first kappa shape index (κ1) is 15.5. The summed E-state index contributed by atoms with van der Waals surface area (Å²) in [5, 5.41) is 2.86. The summed E-state index contributed by atoms with van der Waals surface area (Å²) < 4.78 is 5.46. The van der Waals surface area contributed by atoms with E-state index in [0.717, 1.165) is 37.3 Å². The van der Waals surface area contributed by atoms with Gasteiger partial charge in [-0.15, -0.1) is 0 Å². The highest BCUT2D eigenvalue weighted by atomic mass is 16.5. The third-order valence-corrected chi connectivity index (χ3v) is 4.10. The van der Waals surface area contributed by atoms with Gasteiger partial charge < -0.3 is 15.0 Å². The molecule has 1 aliphatic heterocycles. The molecule has 0 saturated carbocycles. The molecule has 1 atom stereocenters. The molecule has 1 aromatic carbocycles. The molecular weight excluding hydrogens is 290 g/mol. The number of pyridine rings is 1. The lowest BCUT2D eigenvalue weighted by molar-refractivity contribution is 0.0893. The molecule has 1 fully saturated rings. The number of aromatic nitrogens is 1. The minimum atomic E-state index is -0.198. The van der Waals surface area contributed by atoms with Gasteiger partial charge in [-0.1, -0.05) is 6.07 Å². The van der Waals surface area contributed by atoms with Gasteiger partial charge in [0.25, 0.3) is 5.91 Å². The maximum absolute atomic E-state index is 12.1. The lowest BCUT2D eigenvalue weighted by Crippen LogP contribution is -2.39. The summed E-state index contributed by atoms with van der Waals surface area (Å²) in [6, 6.07) is 13.2. The van der Waals surface area contributed by atoms with Crippen LogP contribution in [0.2, 0.25) is 0 Å². The van der Waals surface area contributed by atoms with Crippen LogP contribution in [0.5, 0.6) is 0 Å². The predicted molar refractivity (Wildman–Crippen MR) is 90.9 cm³/mol. The third kappa shape index (κ3) is 3.87. The van der Waals surface area contributed by atoms with Gasteiger partial charge in [0.2, 0.25) is 0 Å². The van der Waals surface area contributed by atoms with Gasteiger partial charge in [0.05, 0.1) is 6.10 Å². The van der Waals surface area contributed by atoms with E-state index >= 15 is 0 Å². The molecule has 0 radical (unpaired) electrons. The van der Waals surface area contributed by atoms with Crippen LogP contribution in [0.1, 0.15) is 23.3 Å². The molecule has 5 nitrogen and oxygen atoms in total. The van der Waals surface area contributed by atoms with Gasteiger partial charge in [0.15, 0.2) is 0 Å². The number of benzene rings is 1. The fourth-order valence-corrected chi connectivity index (χ4v) is 2.81. The monoisotopic (exact) mass is 311 g/mol. The topological polar surface area (TPSA) is 54.5 Å². The Bertz CT molecular complexity index is 643. The average molecular weight is 311 g/mol. The minimum Gasteiger partial charge on any atom is -0.380 e. The zero-order valence-corrected chi connectivity index (χ0v) is 13.2. The van der Waals surface area contributed by atoms with E-state index in [2.05, 4.69) is 15.2 Å². The Labute approximate surface area is 136 Å². The van der Waals surface area contributed by atoms with E-state index in [4.69, 9.17) is 4.74 Å². The number of hydrogen-bond acceptors (Lipinski definition) is 4. The van der Waals surface area contributed by atoms with Crippen molar-refractivity contribution in [2.45, 2.75) is 18.9 Å². The first-order chi connectivity index (χ1) is 11.3. The van der Waals surface area contributed by atoms with Crippen LogP contribution in [-0.2, 0) is 4.74 Å². The zero-order chi connectivity index (χ0) is 16.1. The number of carbonyl (C=O) groups is 1. The highest BCUT2D eigenvalue weighted by molar-refractivity contribution is 6.02. The van der Waals surface area contributed by atoms with Gasteiger partial charge >= 0.3 is 0 Å². The summed E-state index contributed by atoms with van der Waals surface area (Å²) in [5.41, 5.74) is 2.34. The smallest absolute Gasteiger partial charge is 0.274 e. The molecule has 1 N–H and O–H groups in total. The van der Waals surface area contributed by atoms with Crippen molar-refractivity contribution in [2.24, 2.45) is 0 Å². The number of rotatable bonds is 4. The van der Waals surface area contributed by atoms with Crippen LogP contribution in [-0.4, -0.2) is 37.2 Å². The summed E-state index contributed by atoms with van der Waals surface area (Å²) in [6.45, 7) is 1.95. The van der Waals surface area contributed by atoms with E-state index < -0.39 is 0 Å². The second-order valence-electron chi connectivity index (χ2n) is 5.66. The van der Waals surface area contributed by atoms with E-state index in [-0.39, 0.29) is 5.91 Å². The number of carbonyl (C=O) groups excluding carboxylic acids is 1. The molecule has 1 amide bonds. The molecule has 3 rings (SSSR count). The molecule has 0 aliphatic carbocycles. The van der Waals surface area contributed by atoms with Crippen molar-refractivity contribution in [1.82, 2.24) is 4.98 Å². The minimum absolute atomic E-state index is 0.198. The molecule has 1 saturated heterocycles. The molecule has 1 unspecified atom stereocenters. The summed E-state index contributed by atoms with van der Waals surface area (Å²) in [4.78, 5) is 18.5. The van der Waals surface area contributed by atoms with E-state index in [0.29, 0.717) is 11.8 Å². The Morgan fingerprint density at radius 1 is 1.26 bits per heavy atom. The molecular formula is C18H21N3O2. The summed E-state index contributed by atoms with van der Waals surface area (Å²) in [5.74, 6) is -0.198. The van der Waals surface area contributed by atoms with Crippen molar-refractivity contribution in [2.75, 3.05) is 30.4 Å². The van der Waals surface area contributed by atoms with Crippen LogP contribution in [0.25, 0.3) is 0 Å². The van der Waals surface area contributed by atoms with E-state index in [9.17, 15) is 4.79 Å². The first-order valence-electron chi connectivity index (χ1n) is 7.86. The molecule has 5 heteroatoms. The normalized spacial score (nSPS) is 17.8. The standard InChI is InChI=1S/C18H21N3O2/c1-23-16-5-4-12-21(13-16)15-9-7-14(8-10-15)20-18(22)17-6-2-3-11-19-17/h2-3,6-11,16H,4-5,12-13H2,1H3,(H,20,22). The second-order valence-corrected chi connectivity index (χ2v) is 5.66. The summed E-state index contributed by atoms with van der Waals surface area (Å²) in [7, 11) is 1.77. The maximum Gasteiger partial charge on any atom is 0.274 e. The Morgan fingerprint density at radius 2 is 2.09 bits per heavy atom. The van der Waals surface area contributed by atoms with Crippen LogP contribution >= 0.6 is 0 Å². The Hall–Kier alpha value is -2.40. The third-order valence-electron chi connectivity index (χ3n) is 4.10. The Kier molecular flexibility index (Phi) is 4.88. The average Bonchev–Trinajstić information content (AvgIpc) is 2.63. The van der Waals surface area contributed by atoms with E-state index in [1.807, 2.05) is 24.3 Å². The fourth-order valence-electron chi connectivity index (χ4n) is 2.81. The molecule has 2 heterocycles. The molecule has 120 valence electrons. The van der Waals surface area contributed by atoms with E-state index in [1.54, 1.807) is 31.5 Å². The van der Waals surface area contributed by atoms with Crippen molar-refractivity contribution in [3.63, 3.8) is 0 Å². The van der Waals surface area contributed by atoms with Crippen molar-refractivity contribution in [1.29, 1.82) is 0 Å². The van der Waals surface area contributed by atoms with Crippen LogP contribution in [0, 0.1) is 0 Å². The summed E-state index contributed by atoms with van der Waals surface area (Å²) >= 11 is 0. The number of nitrogens with one attached hydrogen (secondary N) is 1. The quantitative estimate of drug-likeness (QED) is 0.943. The van der Waals surface area contributed by atoms with Gasteiger partial charge in [-0.2, -0.15) is 0 Å². The fraction of sp³-hybridized carbons (Fsp3) is 0.333. The van der Waals surface area contributed by atoms with Crippen molar-refractivity contribution in [3.8, 4) is 0 Å². The highest BCUT2D eigenvalue weighted by Crippen LogP contribution is 2.23. The molecule has 2 aromatic rings. The van der Waals surface area contributed by atoms with Crippen molar-refractivity contribution in [3.05, 3.63) is 54.4 Å². The second kappa shape index (κ2) is 7.24. The lowest BCUT2D eigenvalue weighted by atomic mass is 10.1. The zero-order valence-electron chi connectivity index (χ0n) is 13.2. The van der Waals surface area contributed by atoms with Gasteiger partial charge in [-0.3, -0.25) is 9.78 Å². The number of nitrogens with zero attached hydrogens (tertiary/aromatic N) is 2. The summed E-state index contributed by atoms with van der Waals surface area (Å²) in [6.07, 6.45) is 4.16. The largest absolute Gasteiger partial charge is 0.380 e. The number of ether oxygens (including phenoxy) is 1. The molecule has 1 aliphatic rings. The SMILES string of the molecule is COC1CCCN(c2ccc(NC(=O)c3ccccn3)cc2)C1. The Balaban J connectivity index is 1.64. The number of anilines is 2. The molecule has 0 bridgehead atoms. The van der Waals surface area contributed by atoms with Gasteiger partial charge in [0, 0.05) is 37.8 Å². The lowest BCUT2D eigenvalue weighted by Gasteiger charge is -2.33. The van der Waals surface area contributed by atoms with Crippen LogP contribution in [0.3, 0.4) is 0 Å². The number of piperidine rings is 1. The van der Waals surface area contributed by atoms with Gasteiger partial charge in [-0.05, 0) is 49.2 Å². The van der Waals surface area contributed by atoms with E-state index in [1.165, 1.54) is 0 Å². The number of methoxy groups -OCH3 is 1. The number of amides is 1. The van der Waals surface area contributed by atoms with Crippen LogP contribution in [0.15, 0.2) is 48.7 Å². The maximum atomic E-state index is 12.1. The predicted octanol–water partition coefficient (Wildman–Crippen LogP) is 2.95. The highest BCUT2D eigenvalue weighted by Gasteiger charge is 2.19. The first-order valence-corrected chi connectivity index (χ1v) is 7.86. The van der Waals surface area contributed by atoms with Gasteiger partial charge in [-0.25, -0.2) is 0 Å². The van der Waals surface area contributed by atoms with Gasteiger partial charge in [0.1, 0.15) is 5.69 Å². The molecule has 23 heavy (non-hydrogen) atoms. The molecule has 0 spiro atoms. The van der Waals surface area contributed by atoms with Crippen LogP contribution < -0.4 is 10.2 Å². The van der Waals surface area contributed by atoms with Crippen molar-refractivity contribution >= 4 is 17.3 Å².